The summed E-state index contributed by atoms with van der Waals surface area (Å²) in [6.07, 6.45) is 8.47. The molecule has 7 heteroatoms. The fraction of sp³-hybridized carbons (Fsp3) is 0.786. The molecule has 200 valence electrons. The van der Waals surface area contributed by atoms with Crippen LogP contribution in [0, 0.1) is 35.5 Å². The SMILES string of the molecule is C[C@@H]1C[C@H](C)C[C@H](C)[C@@H](O)CC(=O)O[C@H]([C@@H]2CCC[C@H]2C(=O)O)C/C=C/C=C(/CN)[C@H](O)[C@@H](C)C1. The average molecular weight is 494 g/mol. The molecule has 0 bridgehead atoms. The first-order valence-corrected chi connectivity index (χ1v) is 13.4. The Morgan fingerprint density at radius 2 is 1.71 bits per heavy atom. The molecule has 1 fully saturated rings. The van der Waals surface area contributed by atoms with Crippen LogP contribution in [0.3, 0.4) is 0 Å². The molecule has 1 heterocycles. The highest BCUT2D eigenvalue weighted by molar-refractivity contribution is 5.72. The number of allylic oxidation sites excluding steroid dienone is 2. The predicted molar refractivity (Wildman–Crippen MR) is 136 cm³/mol. The van der Waals surface area contributed by atoms with Gasteiger partial charge in [0.15, 0.2) is 0 Å². The van der Waals surface area contributed by atoms with Gasteiger partial charge in [-0.2, -0.15) is 0 Å². The minimum Gasteiger partial charge on any atom is -0.481 e. The summed E-state index contributed by atoms with van der Waals surface area (Å²) in [7, 11) is 0. The number of hydrogen-bond acceptors (Lipinski definition) is 6. The zero-order valence-corrected chi connectivity index (χ0v) is 21.9. The van der Waals surface area contributed by atoms with Crippen LogP contribution in [0.15, 0.2) is 23.8 Å². The monoisotopic (exact) mass is 493 g/mol. The summed E-state index contributed by atoms with van der Waals surface area (Å²) in [5.74, 6) is -1.36. The van der Waals surface area contributed by atoms with E-state index < -0.39 is 36.2 Å². The summed E-state index contributed by atoms with van der Waals surface area (Å²) >= 11 is 0. The van der Waals surface area contributed by atoms with Crippen molar-refractivity contribution in [2.45, 2.75) is 97.4 Å². The maximum absolute atomic E-state index is 12.8. The van der Waals surface area contributed by atoms with Gasteiger partial charge in [0.1, 0.15) is 6.10 Å². The quantitative estimate of drug-likeness (QED) is 0.436. The molecule has 0 aromatic heterocycles. The van der Waals surface area contributed by atoms with Crippen molar-refractivity contribution in [3.63, 3.8) is 0 Å². The van der Waals surface area contributed by atoms with E-state index in [1.54, 1.807) is 0 Å². The second-order valence-electron chi connectivity index (χ2n) is 11.3. The number of carbonyl (C=O) groups excluding carboxylic acids is 1. The Bertz CT molecular complexity index is 750. The molecular weight excluding hydrogens is 446 g/mol. The highest BCUT2D eigenvalue weighted by Crippen LogP contribution is 2.37. The van der Waals surface area contributed by atoms with Gasteiger partial charge in [-0.05, 0) is 61.3 Å². The van der Waals surface area contributed by atoms with Gasteiger partial charge in [-0.1, -0.05) is 52.3 Å². The molecule has 0 unspecified atom stereocenters. The van der Waals surface area contributed by atoms with Gasteiger partial charge in [-0.3, -0.25) is 9.59 Å². The molecule has 2 aliphatic rings. The van der Waals surface area contributed by atoms with E-state index in [0.717, 1.165) is 31.3 Å². The van der Waals surface area contributed by atoms with Gasteiger partial charge in [0.05, 0.1) is 24.5 Å². The van der Waals surface area contributed by atoms with Gasteiger partial charge < -0.3 is 25.8 Å². The zero-order valence-electron chi connectivity index (χ0n) is 21.9. The number of cyclic esters (lactones) is 1. The number of carboxylic acids is 1. The van der Waals surface area contributed by atoms with Gasteiger partial charge in [-0.15, -0.1) is 0 Å². The lowest BCUT2D eigenvalue weighted by Crippen LogP contribution is -2.34. The van der Waals surface area contributed by atoms with Crippen molar-refractivity contribution in [3.05, 3.63) is 23.8 Å². The number of esters is 1. The van der Waals surface area contributed by atoms with E-state index in [1.807, 2.05) is 32.1 Å². The van der Waals surface area contributed by atoms with Crippen LogP contribution in [0.4, 0.5) is 0 Å². The molecule has 7 nitrogen and oxygen atoms in total. The van der Waals surface area contributed by atoms with E-state index >= 15 is 0 Å². The smallest absolute Gasteiger partial charge is 0.308 e. The number of hydrogen-bond donors (Lipinski definition) is 4. The largest absolute Gasteiger partial charge is 0.481 e. The van der Waals surface area contributed by atoms with Crippen molar-refractivity contribution in [1.29, 1.82) is 0 Å². The number of aliphatic hydroxyl groups excluding tert-OH is 2. The predicted octanol–water partition coefficient (Wildman–Crippen LogP) is 4.07. The molecule has 0 aromatic carbocycles. The first-order valence-electron chi connectivity index (χ1n) is 13.4. The summed E-state index contributed by atoms with van der Waals surface area (Å²) in [5, 5.41) is 31.2. The molecule has 1 saturated carbocycles. The summed E-state index contributed by atoms with van der Waals surface area (Å²) < 4.78 is 5.81. The van der Waals surface area contributed by atoms with Crippen LogP contribution in [0.1, 0.15) is 79.1 Å². The Labute approximate surface area is 210 Å². The molecule has 5 N–H and O–H groups in total. The molecule has 0 amide bonds. The van der Waals surface area contributed by atoms with Crippen LogP contribution in [0.2, 0.25) is 0 Å². The van der Waals surface area contributed by atoms with E-state index in [2.05, 4.69) is 13.8 Å². The van der Waals surface area contributed by atoms with Crippen molar-refractivity contribution in [1.82, 2.24) is 0 Å². The third-order valence-corrected chi connectivity index (χ3v) is 8.00. The Morgan fingerprint density at radius 3 is 2.34 bits per heavy atom. The topological polar surface area (TPSA) is 130 Å². The Kier molecular flexibility index (Phi) is 11.9. The Balaban J connectivity index is 2.29. The van der Waals surface area contributed by atoms with Crippen molar-refractivity contribution in [3.8, 4) is 0 Å². The number of aliphatic hydroxyl groups is 2. The lowest BCUT2D eigenvalue weighted by molar-refractivity contribution is -0.159. The van der Waals surface area contributed by atoms with Crippen molar-refractivity contribution >= 4 is 11.9 Å². The van der Waals surface area contributed by atoms with Crippen LogP contribution >= 0.6 is 0 Å². The lowest BCUT2D eigenvalue weighted by Gasteiger charge is -2.28. The number of aliphatic carboxylic acids is 1. The van der Waals surface area contributed by atoms with Gasteiger partial charge >= 0.3 is 11.9 Å². The van der Waals surface area contributed by atoms with E-state index in [0.29, 0.717) is 31.1 Å². The molecule has 2 rings (SSSR count). The minimum atomic E-state index is -0.855. The molecule has 35 heavy (non-hydrogen) atoms. The van der Waals surface area contributed by atoms with E-state index in [4.69, 9.17) is 10.5 Å². The maximum Gasteiger partial charge on any atom is 0.308 e. The van der Waals surface area contributed by atoms with Gasteiger partial charge in [0.25, 0.3) is 0 Å². The zero-order chi connectivity index (χ0) is 26.1. The molecular formula is C28H47NO6. The Morgan fingerprint density at radius 1 is 1.06 bits per heavy atom. The molecule has 0 spiro atoms. The van der Waals surface area contributed by atoms with Crippen molar-refractivity contribution < 1.29 is 29.6 Å². The maximum atomic E-state index is 12.8. The fourth-order valence-electron chi connectivity index (χ4n) is 6.13. The van der Waals surface area contributed by atoms with Crippen molar-refractivity contribution in [2.75, 3.05) is 6.54 Å². The van der Waals surface area contributed by atoms with Gasteiger partial charge in [-0.25, -0.2) is 0 Å². The standard InChI is InChI=1S/C28H47NO6/c1-17-12-18(2)14-20(4)27(32)21(16-29)8-5-6-11-25(22-9-7-10-23(22)28(33)34)35-26(31)15-24(30)19(3)13-17/h5-6,8,17-20,22-25,27,30,32H,7,9-16,29H2,1-4H3,(H,33,34)/b6-5+,21-8-/t17-,18+,19-,20-,22+,23+,24-,25-,27+/m0/s1. The summed E-state index contributed by atoms with van der Waals surface area (Å²) in [4.78, 5) is 24.5. The van der Waals surface area contributed by atoms with E-state index in [-0.39, 0.29) is 30.7 Å². The van der Waals surface area contributed by atoms with E-state index in [1.165, 1.54) is 0 Å². The first-order chi connectivity index (χ1) is 16.5. The third kappa shape index (κ3) is 9.03. The number of carboxylic acid groups (broad SMARTS) is 1. The highest BCUT2D eigenvalue weighted by atomic mass is 16.5. The van der Waals surface area contributed by atoms with Crippen LogP contribution in [0.25, 0.3) is 0 Å². The van der Waals surface area contributed by atoms with Crippen LogP contribution in [-0.2, 0) is 14.3 Å². The summed E-state index contributed by atoms with van der Waals surface area (Å²) in [6, 6.07) is 0. The number of rotatable bonds is 3. The second-order valence-corrected chi connectivity index (χ2v) is 11.3. The summed E-state index contributed by atoms with van der Waals surface area (Å²) in [5.41, 5.74) is 6.69. The highest BCUT2D eigenvalue weighted by Gasteiger charge is 2.39. The van der Waals surface area contributed by atoms with Crippen LogP contribution in [0.5, 0.6) is 0 Å². The summed E-state index contributed by atoms with van der Waals surface area (Å²) in [6.45, 7) is 8.61. The molecule has 0 aromatic rings. The molecule has 0 saturated heterocycles. The number of carbonyl (C=O) groups is 2. The first kappa shape index (κ1) is 29.5. The third-order valence-electron chi connectivity index (χ3n) is 8.00. The molecule has 1 aliphatic heterocycles. The van der Waals surface area contributed by atoms with Gasteiger partial charge in [0.2, 0.25) is 0 Å². The van der Waals surface area contributed by atoms with E-state index in [9.17, 15) is 24.9 Å². The number of nitrogens with two attached hydrogens (primary N) is 1. The van der Waals surface area contributed by atoms with Crippen molar-refractivity contribution in [2.24, 2.45) is 41.2 Å². The molecule has 1 aliphatic carbocycles. The van der Waals surface area contributed by atoms with Crippen LogP contribution < -0.4 is 5.73 Å². The van der Waals surface area contributed by atoms with Gasteiger partial charge in [0, 0.05) is 18.9 Å². The Hall–Kier alpha value is -1.70. The molecule has 9 atom stereocenters. The molecule has 0 radical (unpaired) electrons. The second kappa shape index (κ2) is 14.1. The fourth-order valence-corrected chi connectivity index (χ4v) is 6.13. The normalized spacial score (nSPS) is 41.2. The number of ether oxygens (including phenoxy) is 1. The lowest BCUT2D eigenvalue weighted by atomic mass is 9.82. The van der Waals surface area contributed by atoms with Crippen LogP contribution in [-0.4, -0.2) is 52.1 Å². The average Bonchev–Trinajstić information content (AvgIpc) is 3.27. The minimum absolute atomic E-state index is 0.0602.